The van der Waals surface area contributed by atoms with Crippen molar-refractivity contribution in [3.05, 3.63) is 23.5 Å². The molecule has 1 aliphatic carbocycles. The van der Waals surface area contributed by atoms with Crippen molar-refractivity contribution in [3.8, 4) is 0 Å². The monoisotopic (exact) mass is 253 g/mol. The topological polar surface area (TPSA) is 25.2 Å². The molecule has 0 radical (unpaired) electrons. The molecule has 1 atom stereocenters. The van der Waals surface area contributed by atoms with Gasteiger partial charge in [-0.15, -0.1) is 0 Å². The second-order valence-corrected chi connectivity index (χ2v) is 6.80. The molecule has 2 nitrogen and oxygen atoms in total. The van der Waals surface area contributed by atoms with Crippen LogP contribution >= 0.6 is 11.8 Å². The molecular weight excluding hydrogens is 230 g/mol. The van der Waals surface area contributed by atoms with Gasteiger partial charge in [0.25, 0.3) is 0 Å². The molecule has 1 aliphatic rings. The third-order valence-electron chi connectivity index (χ3n) is 3.61. The van der Waals surface area contributed by atoms with Crippen LogP contribution in [-0.4, -0.2) is 21.7 Å². The molecule has 1 heterocycles. The predicted molar refractivity (Wildman–Crippen MR) is 74.5 cm³/mol. The predicted octanol–water partition coefficient (Wildman–Crippen LogP) is 3.25. The third-order valence-corrected chi connectivity index (χ3v) is 4.31. The van der Waals surface area contributed by atoms with Gasteiger partial charge < -0.3 is 9.67 Å². The fourth-order valence-corrected chi connectivity index (χ4v) is 3.19. The first-order chi connectivity index (χ1) is 8.03. The molecular formula is C14H23NOS. The first-order valence-electron chi connectivity index (χ1n) is 6.38. The molecule has 3 heteroatoms. The van der Waals surface area contributed by atoms with Gasteiger partial charge in [0.05, 0.1) is 6.10 Å². The van der Waals surface area contributed by atoms with Gasteiger partial charge in [0.15, 0.2) is 0 Å². The lowest BCUT2D eigenvalue weighted by Crippen LogP contribution is -2.26. The SMILES string of the molecule is CSCCCn1ccc2c1CC(C)(C)CC2O. The number of rotatable bonds is 4. The van der Waals surface area contributed by atoms with E-state index in [0.29, 0.717) is 0 Å². The Morgan fingerprint density at radius 2 is 2.29 bits per heavy atom. The van der Waals surface area contributed by atoms with E-state index in [2.05, 4.69) is 36.9 Å². The number of aliphatic hydroxyl groups is 1. The molecule has 1 unspecified atom stereocenters. The normalized spacial score (nSPS) is 22.5. The zero-order valence-corrected chi connectivity index (χ0v) is 11.9. The summed E-state index contributed by atoms with van der Waals surface area (Å²) in [6, 6.07) is 2.11. The molecule has 2 rings (SSSR count). The van der Waals surface area contributed by atoms with Crippen molar-refractivity contribution in [1.82, 2.24) is 4.57 Å². The summed E-state index contributed by atoms with van der Waals surface area (Å²) in [4.78, 5) is 0. The minimum absolute atomic E-state index is 0.224. The first-order valence-corrected chi connectivity index (χ1v) is 7.78. The highest BCUT2D eigenvalue weighted by Gasteiger charge is 2.32. The molecule has 96 valence electrons. The van der Waals surface area contributed by atoms with E-state index < -0.39 is 0 Å². The van der Waals surface area contributed by atoms with E-state index in [-0.39, 0.29) is 11.5 Å². The van der Waals surface area contributed by atoms with Crippen LogP contribution in [0.25, 0.3) is 0 Å². The summed E-state index contributed by atoms with van der Waals surface area (Å²) in [5.41, 5.74) is 2.74. The molecule has 0 saturated carbocycles. The van der Waals surface area contributed by atoms with Crippen LogP contribution in [0.1, 0.15) is 44.1 Å². The quantitative estimate of drug-likeness (QED) is 0.833. The second kappa shape index (κ2) is 5.07. The highest BCUT2D eigenvalue weighted by molar-refractivity contribution is 7.98. The zero-order valence-electron chi connectivity index (χ0n) is 11.1. The van der Waals surface area contributed by atoms with E-state index in [4.69, 9.17) is 0 Å². The molecule has 0 bridgehead atoms. The van der Waals surface area contributed by atoms with E-state index in [0.717, 1.165) is 24.9 Å². The van der Waals surface area contributed by atoms with Gasteiger partial charge >= 0.3 is 0 Å². The smallest absolute Gasteiger partial charge is 0.0812 e. The number of hydrogen-bond donors (Lipinski definition) is 1. The van der Waals surface area contributed by atoms with E-state index >= 15 is 0 Å². The number of thioether (sulfide) groups is 1. The minimum atomic E-state index is -0.268. The Kier molecular flexibility index (Phi) is 3.88. The van der Waals surface area contributed by atoms with Gasteiger partial charge in [-0.2, -0.15) is 11.8 Å². The highest BCUT2D eigenvalue weighted by Crippen LogP contribution is 2.41. The number of hydrogen-bond acceptors (Lipinski definition) is 2. The average molecular weight is 253 g/mol. The second-order valence-electron chi connectivity index (χ2n) is 5.82. The standard InChI is InChI=1S/C14H23NOS/c1-14(2)9-12-11(13(16)10-14)5-7-15(12)6-4-8-17-3/h5,7,13,16H,4,6,8-10H2,1-3H3. The van der Waals surface area contributed by atoms with Crippen LogP contribution in [0, 0.1) is 5.41 Å². The summed E-state index contributed by atoms with van der Waals surface area (Å²) >= 11 is 1.90. The summed E-state index contributed by atoms with van der Waals surface area (Å²) in [6.45, 7) is 5.58. The molecule has 17 heavy (non-hydrogen) atoms. The Bertz CT molecular complexity index is 384. The van der Waals surface area contributed by atoms with Crippen LogP contribution in [0.3, 0.4) is 0 Å². The van der Waals surface area contributed by atoms with Crippen LogP contribution in [0.2, 0.25) is 0 Å². The van der Waals surface area contributed by atoms with Crippen molar-refractivity contribution < 1.29 is 5.11 Å². The molecule has 0 saturated heterocycles. The van der Waals surface area contributed by atoms with Crippen molar-refractivity contribution in [1.29, 1.82) is 0 Å². The summed E-state index contributed by atoms with van der Waals surface area (Å²) in [7, 11) is 0. The maximum Gasteiger partial charge on any atom is 0.0812 e. The van der Waals surface area contributed by atoms with E-state index in [1.807, 2.05) is 11.8 Å². The van der Waals surface area contributed by atoms with Gasteiger partial charge in [-0.1, -0.05) is 13.8 Å². The Balaban J connectivity index is 2.16. The molecule has 0 fully saturated rings. The van der Waals surface area contributed by atoms with Gasteiger partial charge in [0, 0.05) is 24.0 Å². The lowest BCUT2D eigenvalue weighted by molar-refractivity contribution is 0.0979. The van der Waals surface area contributed by atoms with Gasteiger partial charge in [-0.05, 0) is 42.8 Å². The van der Waals surface area contributed by atoms with E-state index in [9.17, 15) is 5.11 Å². The van der Waals surface area contributed by atoms with Crippen LogP contribution in [0.15, 0.2) is 12.3 Å². The highest BCUT2D eigenvalue weighted by atomic mass is 32.2. The number of aromatic nitrogens is 1. The lowest BCUT2D eigenvalue weighted by atomic mass is 9.75. The van der Waals surface area contributed by atoms with Crippen molar-refractivity contribution in [2.24, 2.45) is 5.41 Å². The van der Waals surface area contributed by atoms with Gasteiger partial charge in [0.2, 0.25) is 0 Å². The summed E-state index contributed by atoms with van der Waals surface area (Å²) < 4.78 is 2.34. The molecule has 1 aromatic heterocycles. The Morgan fingerprint density at radius 3 is 3.00 bits per heavy atom. The summed E-state index contributed by atoms with van der Waals surface area (Å²) in [5, 5.41) is 10.2. The van der Waals surface area contributed by atoms with Crippen molar-refractivity contribution in [2.45, 2.75) is 45.8 Å². The number of aryl methyl sites for hydroxylation is 1. The minimum Gasteiger partial charge on any atom is -0.388 e. The van der Waals surface area contributed by atoms with Crippen LogP contribution in [0.4, 0.5) is 0 Å². The molecule has 0 aliphatic heterocycles. The summed E-state index contributed by atoms with van der Waals surface area (Å²) in [5.74, 6) is 1.21. The Labute approximate surface area is 108 Å². The molecule has 0 spiro atoms. The number of nitrogens with zero attached hydrogens (tertiary/aromatic N) is 1. The van der Waals surface area contributed by atoms with Crippen LogP contribution in [0.5, 0.6) is 0 Å². The fourth-order valence-electron chi connectivity index (χ4n) is 2.78. The van der Waals surface area contributed by atoms with Gasteiger partial charge in [-0.25, -0.2) is 0 Å². The Hall–Kier alpha value is -0.410. The maximum absolute atomic E-state index is 10.2. The maximum atomic E-state index is 10.2. The third kappa shape index (κ3) is 2.89. The van der Waals surface area contributed by atoms with Crippen molar-refractivity contribution >= 4 is 11.8 Å². The van der Waals surface area contributed by atoms with Crippen LogP contribution in [-0.2, 0) is 13.0 Å². The van der Waals surface area contributed by atoms with Gasteiger partial charge in [0.1, 0.15) is 0 Å². The van der Waals surface area contributed by atoms with Crippen molar-refractivity contribution in [2.75, 3.05) is 12.0 Å². The number of fused-ring (bicyclic) bond motifs is 1. The molecule has 1 N–H and O–H groups in total. The van der Waals surface area contributed by atoms with Crippen molar-refractivity contribution in [3.63, 3.8) is 0 Å². The molecule has 0 amide bonds. The zero-order chi connectivity index (χ0) is 12.5. The van der Waals surface area contributed by atoms with E-state index in [1.165, 1.54) is 17.9 Å². The lowest BCUT2D eigenvalue weighted by Gasteiger charge is -2.34. The molecule has 0 aromatic carbocycles. The Morgan fingerprint density at radius 1 is 1.53 bits per heavy atom. The van der Waals surface area contributed by atoms with E-state index in [1.54, 1.807) is 0 Å². The summed E-state index contributed by atoms with van der Waals surface area (Å²) in [6.07, 6.45) is 7.21. The molecule has 1 aromatic rings. The van der Waals surface area contributed by atoms with Gasteiger partial charge in [-0.3, -0.25) is 0 Å². The first kappa shape index (κ1) is 13.0. The number of aliphatic hydroxyl groups excluding tert-OH is 1. The fraction of sp³-hybridized carbons (Fsp3) is 0.714. The largest absolute Gasteiger partial charge is 0.388 e. The average Bonchev–Trinajstić information content (AvgIpc) is 2.60. The van der Waals surface area contributed by atoms with Crippen LogP contribution < -0.4 is 0 Å².